The monoisotopic (exact) mass is 401 g/mol. The number of rotatable bonds is 6. The molecule has 4 rings (SSSR count). The molecule has 0 aliphatic carbocycles. The minimum atomic E-state index is -0.154. The first-order chi connectivity index (χ1) is 14.1. The molecule has 0 saturated carbocycles. The van der Waals surface area contributed by atoms with Gasteiger partial charge in [-0.2, -0.15) is 0 Å². The summed E-state index contributed by atoms with van der Waals surface area (Å²) < 4.78 is 7.36. The first-order valence-corrected chi connectivity index (χ1v) is 10.8. The number of aryl methyl sites for hydroxylation is 2. The van der Waals surface area contributed by atoms with E-state index >= 15 is 0 Å². The largest absolute Gasteiger partial charge is 0.360 e. The third-order valence-corrected chi connectivity index (χ3v) is 5.97. The number of nitrogens with zero attached hydrogens (tertiary/aromatic N) is 6. The van der Waals surface area contributed by atoms with Gasteiger partial charge in [-0.15, -0.1) is 10.2 Å². The van der Waals surface area contributed by atoms with E-state index in [-0.39, 0.29) is 11.9 Å². The Kier molecular flexibility index (Phi) is 6.25. The molecule has 9 heteroatoms. The van der Waals surface area contributed by atoms with E-state index in [1.54, 1.807) is 6.07 Å². The number of anilines is 1. The van der Waals surface area contributed by atoms with Gasteiger partial charge in [0.1, 0.15) is 17.4 Å². The second kappa shape index (κ2) is 9.04. The van der Waals surface area contributed by atoms with Gasteiger partial charge in [-0.3, -0.25) is 14.6 Å². The van der Waals surface area contributed by atoms with Gasteiger partial charge in [0, 0.05) is 45.2 Å². The van der Waals surface area contributed by atoms with Gasteiger partial charge in [-0.1, -0.05) is 18.5 Å². The standard InChI is InChI=1S/C20H31N7O2/c1-3-16(20(28)21-17-13-15(2)29-24-17)26-11-9-25(10-12-26)14-19-23-22-18-7-5-4-6-8-27(18)19/h13,16H,3-12,14H2,1-2H3,(H,21,24,28)/t16-/m1/s1. The van der Waals surface area contributed by atoms with Crippen LogP contribution in [-0.2, 0) is 24.3 Å². The van der Waals surface area contributed by atoms with E-state index in [1.807, 2.05) is 6.92 Å². The van der Waals surface area contributed by atoms with Crippen molar-refractivity contribution in [1.29, 1.82) is 0 Å². The fourth-order valence-electron chi connectivity index (χ4n) is 4.34. The Balaban J connectivity index is 1.31. The normalized spacial score (nSPS) is 19.5. The predicted octanol–water partition coefficient (Wildman–Crippen LogP) is 1.84. The molecular weight excluding hydrogens is 370 g/mol. The van der Waals surface area contributed by atoms with E-state index in [0.717, 1.165) is 63.8 Å². The molecule has 29 heavy (non-hydrogen) atoms. The van der Waals surface area contributed by atoms with Crippen LogP contribution in [0, 0.1) is 6.92 Å². The lowest BCUT2D eigenvalue weighted by molar-refractivity contribution is -0.122. The van der Waals surface area contributed by atoms with Crippen molar-refractivity contribution in [2.45, 2.75) is 65.1 Å². The maximum absolute atomic E-state index is 12.7. The number of aromatic nitrogens is 4. The van der Waals surface area contributed by atoms with E-state index in [4.69, 9.17) is 4.52 Å². The Bertz CT molecular complexity index is 823. The minimum absolute atomic E-state index is 0.0166. The molecule has 0 spiro atoms. The van der Waals surface area contributed by atoms with Crippen LogP contribution in [0.25, 0.3) is 0 Å². The summed E-state index contributed by atoms with van der Waals surface area (Å²) in [6, 6.07) is 1.59. The predicted molar refractivity (Wildman–Crippen MR) is 108 cm³/mol. The van der Waals surface area contributed by atoms with Crippen LogP contribution in [0.4, 0.5) is 5.82 Å². The molecule has 2 aromatic heterocycles. The molecule has 0 unspecified atom stereocenters. The average molecular weight is 402 g/mol. The molecule has 0 bridgehead atoms. The highest BCUT2D eigenvalue weighted by molar-refractivity contribution is 5.94. The maximum atomic E-state index is 12.7. The van der Waals surface area contributed by atoms with Crippen molar-refractivity contribution in [1.82, 2.24) is 29.7 Å². The van der Waals surface area contributed by atoms with E-state index in [1.165, 1.54) is 19.3 Å². The van der Waals surface area contributed by atoms with Crippen molar-refractivity contribution >= 4 is 11.7 Å². The van der Waals surface area contributed by atoms with Gasteiger partial charge in [-0.05, 0) is 26.2 Å². The van der Waals surface area contributed by atoms with Gasteiger partial charge in [-0.25, -0.2) is 0 Å². The molecule has 158 valence electrons. The van der Waals surface area contributed by atoms with Crippen molar-refractivity contribution in [3.05, 3.63) is 23.5 Å². The fraction of sp³-hybridized carbons (Fsp3) is 0.700. The van der Waals surface area contributed by atoms with Crippen molar-refractivity contribution in [2.24, 2.45) is 0 Å². The summed E-state index contributed by atoms with van der Waals surface area (Å²) in [4.78, 5) is 17.4. The molecule has 4 heterocycles. The molecule has 1 fully saturated rings. The molecule has 2 aliphatic rings. The third kappa shape index (κ3) is 4.67. The Morgan fingerprint density at radius 3 is 2.72 bits per heavy atom. The maximum Gasteiger partial charge on any atom is 0.242 e. The van der Waals surface area contributed by atoms with Crippen molar-refractivity contribution < 1.29 is 9.32 Å². The molecule has 1 amide bonds. The summed E-state index contributed by atoms with van der Waals surface area (Å²) in [5.41, 5.74) is 0. The zero-order chi connectivity index (χ0) is 20.2. The second-order valence-electron chi connectivity index (χ2n) is 8.04. The number of hydrogen-bond acceptors (Lipinski definition) is 7. The van der Waals surface area contributed by atoms with Crippen molar-refractivity contribution in [3.63, 3.8) is 0 Å². The molecule has 1 saturated heterocycles. The fourth-order valence-corrected chi connectivity index (χ4v) is 4.34. The van der Waals surface area contributed by atoms with Gasteiger partial charge in [0.05, 0.1) is 12.6 Å². The third-order valence-electron chi connectivity index (χ3n) is 5.97. The highest BCUT2D eigenvalue weighted by Gasteiger charge is 2.29. The zero-order valence-corrected chi connectivity index (χ0v) is 17.4. The van der Waals surface area contributed by atoms with E-state index < -0.39 is 0 Å². The van der Waals surface area contributed by atoms with Crippen LogP contribution in [0.15, 0.2) is 10.6 Å². The number of nitrogens with one attached hydrogen (secondary N) is 1. The molecule has 0 aromatic carbocycles. The van der Waals surface area contributed by atoms with Crippen LogP contribution < -0.4 is 5.32 Å². The number of hydrogen-bond donors (Lipinski definition) is 1. The van der Waals surface area contributed by atoms with Gasteiger partial charge in [0.25, 0.3) is 0 Å². The molecule has 2 aromatic rings. The average Bonchev–Trinajstić information content (AvgIpc) is 3.21. The minimum Gasteiger partial charge on any atom is -0.360 e. The summed E-state index contributed by atoms with van der Waals surface area (Å²) in [7, 11) is 0. The van der Waals surface area contributed by atoms with Crippen molar-refractivity contribution in [3.8, 4) is 0 Å². The Morgan fingerprint density at radius 1 is 1.17 bits per heavy atom. The summed E-state index contributed by atoms with van der Waals surface area (Å²) >= 11 is 0. The van der Waals surface area contributed by atoms with Crippen molar-refractivity contribution in [2.75, 3.05) is 31.5 Å². The van der Waals surface area contributed by atoms with Gasteiger partial charge >= 0.3 is 0 Å². The lowest BCUT2D eigenvalue weighted by Crippen LogP contribution is -2.53. The molecular formula is C20H31N7O2. The molecule has 1 atom stereocenters. The molecule has 0 radical (unpaired) electrons. The first-order valence-electron chi connectivity index (χ1n) is 10.8. The van der Waals surface area contributed by atoms with Crippen LogP contribution in [0.5, 0.6) is 0 Å². The van der Waals surface area contributed by atoms with Gasteiger partial charge in [0.15, 0.2) is 5.82 Å². The van der Waals surface area contributed by atoms with E-state index in [9.17, 15) is 4.79 Å². The summed E-state index contributed by atoms with van der Waals surface area (Å²) in [5, 5.41) is 15.6. The lowest BCUT2D eigenvalue weighted by atomic mass is 10.1. The first kappa shape index (κ1) is 20.0. The topological polar surface area (TPSA) is 92.3 Å². The summed E-state index contributed by atoms with van der Waals surface area (Å²) in [5.74, 6) is 3.38. The zero-order valence-electron chi connectivity index (χ0n) is 17.4. The van der Waals surface area contributed by atoms with E-state index in [2.05, 4.69) is 42.0 Å². The Hall–Kier alpha value is -2.26. The highest BCUT2D eigenvalue weighted by atomic mass is 16.5. The van der Waals surface area contributed by atoms with Gasteiger partial charge < -0.3 is 14.4 Å². The number of carbonyl (C=O) groups excluding carboxylic acids is 1. The Labute approximate surface area is 171 Å². The second-order valence-corrected chi connectivity index (χ2v) is 8.04. The highest BCUT2D eigenvalue weighted by Crippen LogP contribution is 2.18. The van der Waals surface area contributed by atoms with Crippen LogP contribution in [-0.4, -0.2) is 67.8 Å². The smallest absolute Gasteiger partial charge is 0.242 e. The van der Waals surface area contributed by atoms with Crippen LogP contribution in [0.3, 0.4) is 0 Å². The molecule has 1 N–H and O–H groups in total. The van der Waals surface area contributed by atoms with Crippen LogP contribution in [0.2, 0.25) is 0 Å². The Morgan fingerprint density at radius 2 is 2.00 bits per heavy atom. The molecule has 2 aliphatic heterocycles. The molecule has 9 nitrogen and oxygen atoms in total. The number of carbonyl (C=O) groups is 1. The SMILES string of the molecule is CC[C@H](C(=O)Nc1cc(C)on1)N1CCN(Cc2nnc3n2CCCCC3)CC1. The van der Waals surface area contributed by atoms with Crippen LogP contribution >= 0.6 is 0 Å². The lowest BCUT2D eigenvalue weighted by Gasteiger charge is -2.38. The van der Waals surface area contributed by atoms with Crippen LogP contribution in [0.1, 0.15) is 50.0 Å². The number of amides is 1. The quantitative estimate of drug-likeness (QED) is 0.789. The van der Waals surface area contributed by atoms with Gasteiger partial charge in [0.2, 0.25) is 5.91 Å². The van der Waals surface area contributed by atoms with E-state index in [0.29, 0.717) is 11.6 Å². The number of piperazine rings is 1. The summed E-state index contributed by atoms with van der Waals surface area (Å²) in [6.07, 6.45) is 5.50. The summed E-state index contributed by atoms with van der Waals surface area (Å²) in [6.45, 7) is 9.32. The number of fused-ring (bicyclic) bond motifs is 1.